The molecule has 152 valence electrons. The van der Waals surface area contributed by atoms with Crippen molar-refractivity contribution in [3.8, 4) is 11.5 Å². The van der Waals surface area contributed by atoms with Gasteiger partial charge in [-0.05, 0) is 50.6 Å². The van der Waals surface area contributed by atoms with Crippen LogP contribution in [0.15, 0.2) is 18.2 Å². The number of nitrogens with zero attached hydrogens (tertiary/aromatic N) is 3. The Balaban J connectivity index is 0.00000225. The first kappa shape index (κ1) is 20.4. The SMILES string of the molecule is Cc1c(C(=O)NCc2ccc3c(c2)OCCCO3)nnn1C1CCNCC1.Cl. The zero-order valence-corrected chi connectivity index (χ0v) is 16.8. The molecule has 2 aromatic rings. The van der Waals surface area contributed by atoms with Crippen molar-refractivity contribution in [1.82, 2.24) is 25.6 Å². The van der Waals surface area contributed by atoms with Gasteiger partial charge >= 0.3 is 0 Å². The summed E-state index contributed by atoms with van der Waals surface area (Å²) in [4.78, 5) is 12.6. The molecule has 1 aromatic heterocycles. The number of piperidine rings is 1. The van der Waals surface area contributed by atoms with Crippen molar-refractivity contribution >= 4 is 18.3 Å². The van der Waals surface area contributed by atoms with E-state index in [1.165, 1.54) is 0 Å². The molecule has 0 saturated carbocycles. The summed E-state index contributed by atoms with van der Waals surface area (Å²) in [7, 11) is 0. The van der Waals surface area contributed by atoms with Crippen molar-refractivity contribution < 1.29 is 14.3 Å². The molecular weight excluding hydrogens is 382 g/mol. The molecule has 4 rings (SSSR count). The largest absolute Gasteiger partial charge is 0.490 e. The van der Waals surface area contributed by atoms with Gasteiger partial charge < -0.3 is 20.1 Å². The summed E-state index contributed by atoms with van der Waals surface area (Å²) in [6.45, 7) is 5.54. The average molecular weight is 408 g/mol. The van der Waals surface area contributed by atoms with E-state index in [0.717, 1.165) is 55.1 Å². The molecule has 9 heteroatoms. The van der Waals surface area contributed by atoms with Gasteiger partial charge in [-0.3, -0.25) is 4.79 Å². The lowest BCUT2D eigenvalue weighted by Crippen LogP contribution is -2.30. The van der Waals surface area contributed by atoms with Crippen LogP contribution >= 0.6 is 12.4 Å². The Hall–Kier alpha value is -2.32. The summed E-state index contributed by atoms with van der Waals surface area (Å²) in [5, 5.41) is 14.6. The van der Waals surface area contributed by atoms with Crippen LogP contribution in [0.2, 0.25) is 0 Å². The molecule has 0 unspecified atom stereocenters. The molecular formula is C19H26ClN5O3. The normalized spacial score (nSPS) is 16.8. The summed E-state index contributed by atoms with van der Waals surface area (Å²) in [6, 6.07) is 6.05. The monoisotopic (exact) mass is 407 g/mol. The highest BCUT2D eigenvalue weighted by molar-refractivity contribution is 5.93. The van der Waals surface area contributed by atoms with Crippen molar-refractivity contribution in [3.63, 3.8) is 0 Å². The second kappa shape index (κ2) is 9.25. The van der Waals surface area contributed by atoms with Crippen LogP contribution in [-0.2, 0) is 6.54 Å². The predicted molar refractivity (Wildman–Crippen MR) is 106 cm³/mol. The second-order valence-electron chi connectivity index (χ2n) is 6.96. The van der Waals surface area contributed by atoms with Crippen LogP contribution in [0, 0.1) is 6.92 Å². The van der Waals surface area contributed by atoms with E-state index in [4.69, 9.17) is 9.47 Å². The van der Waals surface area contributed by atoms with Gasteiger partial charge in [-0.15, -0.1) is 17.5 Å². The lowest BCUT2D eigenvalue weighted by molar-refractivity contribution is 0.0945. The van der Waals surface area contributed by atoms with Crippen LogP contribution in [0.25, 0.3) is 0 Å². The van der Waals surface area contributed by atoms with Crippen LogP contribution in [0.1, 0.15) is 47.1 Å². The molecule has 1 fully saturated rings. The number of rotatable bonds is 4. The molecule has 2 N–H and O–H groups in total. The Morgan fingerprint density at radius 1 is 1.25 bits per heavy atom. The fourth-order valence-electron chi connectivity index (χ4n) is 3.53. The molecule has 1 amide bonds. The van der Waals surface area contributed by atoms with Crippen molar-refractivity contribution in [2.75, 3.05) is 26.3 Å². The highest BCUT2D eigenvalue weighted by Gasteiger charge is 2.22. The molecule has 1 saturated heterocycles. The number of benzene rings is 1. The maximum atomic E-state index is 12.6. The standard InChI is InChI=1S/C19H25N5O3.ClH/c1-13-18(22-23-24(13)15-5-7-20-8-6-15)19(25)21-12-14-3-4-16-17(11-14)27-10-2-9-26-16;/h3-4,11,15,20H,2,5-10,12H2,1H3,(H,21,25);1H. The van der Waals surface area contributed by atoms with Gasteiger partial charge in [0.15, 0.2) is 17.2 Å². The lowest BCUT2D eigenvalue weighted by atomic mass is 10.1. The number of carbonyl (C=O) groups excluding carboxylic acids is 1. The number of amides is 1. The van der Waals surface area contributed by atoms with E-state index >= 15 is 0 Å². The summed E-state index contributed by atoms with van der Waals surface area (Å²) >= 11 is 0. The van der Waals surface area contributed by atoms with E-state index < -0.39 is 0 Å². The number of hydrogen-bond acceptors (Lipinski definition) is 6. The predicted octanol–water partition coefficient (Wildman–Crippen LogP) is 2.02. The van der Waals surface area contributed by atoms with Crippen LogP contribution in [0.4, 0.5) is 0 Å². The summed E-state index contributed by atoms with van der Waals surface area (Å²) in [6.07, 6.45) is 2.87. The molecule has 0 spiro atoms. The van der Waals surface area contributed by atoms with Gasteiger partial charge in [0.1, 0.15) is 0 Å². The number of ether oxygens (including phenoxy) is 2. The fraction of sp³-hybridized carbons (Fsp3) is 0.526. The van der Waals surface area contributed by atoms with Crippen LogP contribution in [-0.4, -0.2) is 47.2 Å². The minimum Gasteiger partial charge on any atom is -0.490 e. The minimum absolute atomic E-state index is 0. The third-order valence-electron chi connectivity index (χ3n) is 5.06. The van der Waals surface area contributed by atoms with E-state index in [-0.39, 0.29) is 18.3 Å². The Labute approximate surface area is 170 Å². The topological polar surface area (TPSA) is 90.3 Å². The first-order valence-electron chi connectivity index (χ1n) is 9.51. The van der Waals surface area contributed by atoms with Gasteiger partial charge in [-0.25, -0.2) is 4.68 Å². The van der Waals surface area contributed by atoms with Crippen molar-refractivity contribution in [1.29, 1.82) is 0 Å². The maximum absolute atomic E-state index is 12.6. The third kappa shape index (κ3) is 4.39. The number of carbonyl (C=O) groups is 1. The molecule has 0 radical (unpaired) electrons. The summed E-state index contributed by atoms with van der Waals surface area (Å²) in [5.41, 5.74) is 2.16. The molecule has 3 heterocycles. The van der Waals surface area contributed by atoms with E-state index in [1.54, 1.807) is 0 Å². The minimum atomic E-state index is -0.209. The smallest absolute Gasteiger partial charge is 0.274 e. The molecule has 2 aliphatic rings. The van der Waals surface area contributed by atoms with Gasteiger partial charge in [0.05, 0.1) is 24.9 Å². The van der Waals surface area contributed by atoms with E-state index in [0.29, 0.717) is 31.5 Å². The first-order chi connectivity index (χ1) is 13.2. The molecule has 2 aliphatic heterocycles. The molecule has 0 atom stereocenters. The molecule has 0 aliphatic carbocycles. The van der Waals surface area contributed by atoms with Gasteiger partial charge in [-0.2, -0.15) is 0 Å². The first-order valence-corrected chi connectivity index (χ1v) is 9.51. The Bertz CT molecular complexity index is 820. The van der Waals surface area contributed by atoms with Crippen LogP contribution < -0.4 is 20.1 Å². The number of hydrogen-bond donors (Lipinski definition) is 2. The van der Waals surface area contributed by atoms with Gasteiger partial charge in [0, 0.05) is 13.0 Å². The van der Waals surface area contributed by atoms with Crippen LogP contribution in [0.3, 0.4) is 0 Å². The Morgan fingerprint density at radius 3 is 2.79 bits per heavy atom. The average Bonchev–Trinajstić information content (AvgIpc) is 2.93. The second-order valence-corrected chi connectivity index (χ2v) is 6.96. The highest BCUT2D eigenvalue weighted by Crippen LogP contribution is 2.30. The highest BCUT2D eigenvalue weighted by atomic mass is 35.5. The third-order valence-corrected chi connectivity index (χ3v) is 5.06. The molecule has 28 heavy (non-hydrogen) atoms. The molecule has 0 bridgehead atoms. The number of halogens is 1. The van der Waals surface area contributed by atoms with Crippen molar-refractivity contribution in [3.05, 3.63) is 35.2 Å². The molecule has 1 aromatic carbocycles. The van der Waals surface area contributed by atoms with E-state index in [9.17, 15) is 4.79 Å². The maximum Gasteiger partial charge on any atom is 0.274 e. The van der Waals surface area contributed by atoms with Gasteiger partial charge in [0.2, 0.25) is 0 Å². The fourth-order valence-corrected chi connectivity index (χ4v) is 3.53. The Kier molecular flexibility index (Phi) is 6.74. The quantitative estimate of drug-likeness (QED) is 0.805. The summed E-state index contributed by atoms with van der Waals surface area (Å²) < 4.78 is 13.2. The lowest BCUT2D eigenvalue weighted by Gasteiger charge is -2.23. The van der Waals surface area contributed by atoms with Crippen molar-refractivity contribution in [2.45, 2.75) is 38.8 Å². The van der Waals surface area contributed by atoms with E-state index in [2.05, 4.69) is 20.9 Å². The van der Waals surface area contributed by atoms with Crippen molar-refractivity contribution in [2.24, 2.45) is 0 Å². The van der Waals surface area contributed by atoms with E-state index in [1.807, 2.05) is 29.8 Å². The number of fused-ring (bicyclic) bond motifs is 1. The molecule has 8 nitrogen and oxygen atoms in total. The number of nitrogens with one attached hydrogen (secondary N) is 2. The summed E-state index contributed by atoms with van der Waals surface area (Å²) in [5.74, 6) is 1.27. The van der Waals surface area contributed by atoms with Crippen LogP contribution in [0.5, 0.6) is 11.5 Å². The zero-order valence-electron chi connectivity index (χ0n) is 15.9. The zero-order chi connectivity index (χ0) is 18.6. The van der Waals surface area contributed by atoms with Gasteiger partial charge in [-0.1, -0.05) is 11.3 Å². The number of aromatic nitrogens is 3. The Morgan fingerprint density at radius 2 is 2.00 bits per heavy atom. The van der Waals surface area contributed by atoms with Gasteiger partial charge in [0.25, 0.3) is 5.91 Å².